The van der Waals surface area contributed by atoms with Crippen LogP contribution in [0.25, 0.3) is 0 Å². The van der Waals surface area contributed by atoms with Crippen LogP contribution in [0.2, 0.25) is 0 Å². The van der Waals surface area contributed by atoms with E-state index in [4.69, 9.17) is 23.4 Å². The number of ether oxygens (including phenoxy) is 1. The van der Waals surface area contributed by atoms with Crippen LogP contribution in [0.15, 0.2) is 10.8 Å². The van der Waals surface area contributed by atoms with Crippen LogP contribution >= 0.6 is 22.7 Å². The second-order valence-corrected chi connectivity index (χ2v) is 5.62. The first-order valence-corrected chi connectivity index (χ1v) is 7.57. The largest absolute Gasteiger partial charge is 0.461 e. The van der Waals surface area contributed by atoms with E-state index in [2.05, 4.69) is 0 Å². The fourth-order valence-electron chi connectivity index (χ4n) is 0.845. The van der Waals surface area contributed by atoms with E-state index in [1.807, 2.05) is 29.3 Å². The second-order valence-electron chi connectivity index (χ2n) is 2.81. The Morgan fingerprint density at radius 3 is 2.17 bits per heavy atom. The minimum absolute atomic E-state index is 0.175. The smallest absolute Gasteiger partial charge is 0.372 e. The minimum atomic E-state index is -4.94. The zero-order valence-electron chi connectivity index (χ0n) is 9.66. The Balaban J connectivity index is 0.000000494. The van der Waals surface area contributed by atoms with E-state index in [0.717, 1.165) is 3.98 Å². The summed E-state index contributed by atoms with van der Waals surface area (Å²) in [6.07, 6.45) is 0. The number of carbonyl (C=O) groups excluding carboxylic acids is 1. The van der Waals surface area contributed by atoms with Gasteiger partial charge in [0.1, 0.15) is 7.05 Å². The molecule has 0 aliphatic carbocycles. The zero-order chi connectivity index (χ0) is 14.2. The molecular weight excluding hydrogens is 306 g/mol. The standard InChI is InChI=1S/C8H12NO2S2.ClHO4/c1-3-11-7(10)6-9(2)8-12-4-5-13-8;2-1(3,4)5/h4-5H,3,6H2,1-2H3;(H,2,3,4,5)/q+1;/p-1. The highest BCUT2D eigenvalue weighted by Gasteiger charge is 2.09. The lowest BCUT2D eigenvalue weighted by atomic mass is 10.6. The average molecular weight is 318 g/mol. The van der Waals surface area contributed by atoms with Gasteiger partial charge < -0.3 is 4.74 Å². The number of carbonyl (C=O) groups is 1. The SMILES string of the molecule is CCOC(=O)C[N+](C)=c1sccs1.[O-][Cl+3]([O-])([O-])[O-]. The first-order chi connectivity index (χ1) is 8.24. The van der Waals surface area contributed by atoms with Crippen molar-refractivity contribution < 1.29 is 38.4 Å². The van der Waals surface area contributed by atoms with E-state index in [1.54, 1.807) is 22.7 Å². The van der Waals surface area contributed by atoms with Crippen LogP contribution in [0, 0.1) is 10.2 Å². The van der Waals surface area contributed by atoms with Gasteiger partial charge in [0.2, 0.25) is 6.54 Å². The van der Waals surface area contributed by atoms with Gasteiger partial charge >= 0.3 is 9.95 Å². The van der Waals surface area contributed by atoms with Gasteiger partial charge in [-0.1, -0.05) is 22.7 Å². The lowest BCUT2D eigenvalue weighted by Gasteiger charge is -2.17. The van der Waals surface area contributed by atoms with Gasteiger partial charge in [0, 0.05) is 10.8 Å². The van der Waals surface area contributed by atoms with Crippen LogP contribution in [0.1, 0.15) is 6.92 Å². The predicted octanol–water partition coefficient (Wildman–Crippen LogP) is -3.98. The van der Waals surface area contributed by atoms with E-state index >= 15 is 0 Å². The summed E-state index contributed by atoms with van der Waals surface area (Å²) in [5.41, 5.74) is 0. The Labute approximate surface area is 114 Å². The highest BCUT2D eigenvalue weighted by molar-refractivity contribution is 7.24. The van der Waals surface area contributed by atoms with Crippen LogP contribution in [0.5, 0.6) is 0 Å². The van der Waals surface area contributed by atoms with Crippen LogP contribution < -0.4 is 27.2 Å². The van der Waals surface area contributed by atoms with Gasteiger partial charge in [-0.25, -0.2) is 28.0 Å². The molecule has 0 amide bonds. The molecule has 0 aromatic carbocycles. The van der Waals surface area contributed by atoms with Crippen molar-refractivity contribution in [2.45, 2.75) is 6.92 Å². The van der Waals surface area contributed by atoms with Gasteiger partial charge in [-0.15, -0.1) is 10.2 Å². The summed E-state index contributed by atoms with van der Waals surface area (Å²) in [5.74, 6) is -0.175. The van der Waals surface area contributed by atoms with Gasteiger partial charge in [0.05, 0.1) is 6.61 Å². The van der Waals surface area contributed by atoms with Gasteiger partial charge in [0.25, 0.3) is 0 Å². The molecule has 1 aromatic rings. The predicted molar refractivity (Wildman–Crippen MR) is 54.9 cm³/mol. The lowest BCUT2D eigenvalue weighted by molar-refractivity contribution is -2.00. The number of halogens is 1. The number of rotatable bonds is 3. The van der Waals surface area contributed by atoms with Gasteiger partial charge in [-0.05, 0) is 6.92 Å². The average Bonchev–Trinajstić information content (AvgIpc) is 2.67. The fraction of sp³-hybridized carbons (Fsp3) is 0.500. The molecule has 104 valence electrons. The van der Waals surface area contributed by atoms with E-state index < -0.39 is 10.2 Å². The first kappa shape index (κ1) is 17.4. The molecule has 0 radical (unpaired) electrons. The lowest BCUT2D eigenvalue weighted by Crippen LogP contribution is -2.68. The van der Waals surface area contributed by atoms with Crippen molar-refractivity contribution in [1.82, 2.24) is 4.58 Å². The quantitative estimate of drug-likeness (QED) is 0.414. The van der Waals surface area contributed by atoms with Crippen LogP contribution in [0.3, 0.4) is 0 Å². The van der Waals surface area contributed by atoms with Crippen molar-refractivity contribution in [3.63, 3.8) is 0 Å². The third-order valence-electron chi connectivity index (χ3n) is 1.38. The van der Waals surface area contributed by atoms with Crippen molar-refractivity contribution >= 4 is 28.6 Å². The molecule has 0 bridgehead atoms. The van der Waals surface area contributed by atoms with Crippen LogP contribution in [0.4, 0.5) is 0 Å². The number of likely N-dealkylation sites (N-methyl/N-ethyl adjacent to an activating group) is 1. The molecule has 18 heavy (non-hydrogen) atoms. The van der Waals surface area contributed by atoms with Crippen molar-refractivity contribution in [2.75, 3.05) is 20.2 Å². The molecule has 0 atom stereocenters. The highest BCUT2D eigenvalue weighted by atomic mass is 35.7. The summed E-state index contributed by atoms with van der Waals surface area (Å²) in [4.78, 5) is 11.1. The monoisotopic (exact) mass is 317 g/mol. The molecule has 0 aliphatic heterocycles. The van der Waals surface area contributed by atoms with E-state index in [-0.39, 0.29) is 5.97 Å². The Morgan fingerprint density at radius 1 is 1.33 bits per heavy atom. The summed E-state index contributed by atoms with van der Waals surface area (Å²) < 4.78 is 41.8. The normalized spacial score (nSPS) is 10.3. The van der Waals surface area contributed by atoms with Crippen molar-refractivity contribution in [1.29, 1.82) is 0 Å². The molecule has 0 fully saturated rings. The highest BCUT2D eigenvalue weighted by Crippen LogP contribution is 1.92. The molecule has 1 heterocycles. The molecule has 0 aliphatic rings. The first-order valence-electron chi connectivity index (χ1n) is 4.57. The topological polar surface area (TPSA) is 122 Å². The summed E-state index contributed by atoms with van der Waals surface area (Å²) in [6, 6.07) is 0. The van der Waals surface area contributed by atoms with E-state index in [1.165, 1.54) is 0 Å². The fourth-order valence-corrected chi connectivity index (χ4v) is 2.57. The Hall–Kier alpha value is -0.550. The van der Waals surface area contributed by atoms with Crippen LogP contribution in [-0.2, 0) is 9.53 Å². The second kappa shape index (κ2) is 8.53. The van der Waals surface area contributed by atoms with Crippen molar-refractivity contribution in [2.24, 2.45) is 0 Å². The molecule has 0 spiro atoms. The molecule has 1 rings (SSSR count). The summed E-state index contributed by atoms with van der Waals surface area (Å²) in [6.45, 7) is 2.58. The number of hydrogen-bond donors (Lipinski definition) is 0. The maximum Gasteiger partial charge on any atom is 0.372 e. The third kappa shape index (κ3) is 10.6. The van der Waals surface area contributed by atoms with Crippen molar-refractivity contribution in [3.8, 4) is 0 Å². The molecule has 1 aromatic heterocycles. The molecule has 10 heteroatoms. The van der Waals surface area contributed by atoms with Crippen LogP contribution in [-0.4, -0.2) is 26.2 Å². The Morgan fingerprint density at radius 2 is 1.78 bits per heavy atom. The minimum Gasteiger partial charge on any atom is -0.461 e. The number of esters is 1. The third-order valence-corrected chi connectivity index (χ3v) is 3.70. The number of hydrogen-bond acceptors (Lipinski definition) is 8. The molecular formula is C8H12ClNO6S2. The Kier molecular flexibility index (Phi) is 8.27. The number of nitrogens with zero attached hydrogens (tertiary/aromatic N) is 1. The zero-order valence-corrected chi connectivity index (χ0v) is 12.0. The van der Waals surface area contributed by atoms with Crippen molar-refractivity contribution in [3.05, 3.63) is 14.7 Å². The van der Waals surface area contributed by atoms with E-state index in [0.29, 0.717) is 13.2 Å². The maximum absolute atomic E-state index is 11.1. The molecule has 7 nitrogen and oxygen atoms in total. The molecule has 0 saturated carbocycles. The summed E-state index contributed by atoms with van der Waals surface area (Å²) >= 11 is 3.26. The van der Waals surface area contributed by atoms with Gasteiger partial charge in [0.15, 0.2) is 0 Å². The molecule has 0 saturated heterocycles. The summed E-state index contributed by atoms with van der Waals surface area (Å²) in [7, 11) is -3.06. The summed E-state index contributed by atoms with van der Waals surface area (Å²) in [5, 5.41) is 4.00. The van der Waals surface area contributed by atoms with E-state index in [9.17, 15) is 4.79 Å². The molecule has 0 N–H and O–H groups in total. The maximum atomic E-state index is 11.1. The Bertz CT molecular complexity index is 401. The van der Waals surface area contributed by atoms with Gasteiger partial charge in [-0.2, -0.15) is 0 Å². The molecule has 0 unspecified atom stereocenters. The van der Waals surface area contributed by atoms with Gasteiger partial charge in [-0.3, -0.25) is 0 Å².